The summed E-state index contributed by atoms with van der Waals surface area (Å²) in [5, 5.41) is 0. The van der Waals surface area contributed by atoms with Gasteiger partial charge in [-0.3, -0.25) is 4.79 Å². The van der Waals surface area contributed by atoms with Gasteiger partial charge in [-0.25, -0.2) is 9.59 Å². The Morgan fingerprint density at radius 2 is 1.96 bits per heavy atom. The predicted molar refractivity (Wildman–Crippen MR) is 96.4 cm³/mol. The highest BCUT2D eigenvalue weighted by Crippen LogP contribution is 2.32. The van der Waals surface area contributed by atoms with Gasteiger partial charge < -0.3 is 14.1 Å². The number of ether oxygens (including phenoxy) is 1. The van der Waals surface area contributed by atoms with Crippen LogP contribution in [0.15, 0.2) is 39.5 Å². The number of carbonyl (C=O) groups is 2. The summed E-state index contributed by atoms with van der Waals surface area (Å²) in [7, 11) is 0. The fourth-order valence-corrected chi connectivity index (χ4v) is 3.43. The SMILES string of the molecule is Cc1cc(=O)oc(C)c1C(=O)O[C@@H](C)C(=O)N1c2ccccc2C[C@H]1C. The molecule has 6 nitrogen and oxygen atoms in total. The Morgan fingerprint density at radius 1 is 1.27 bits per heavy atom. The highest BCUT2D eigenvalue weighted by molar-refractivity contribution is 6.01. The molecule has 6 heteroatoms. The number of rotatable bonds is 3. The molecule has 3 rings (SSSR count). The van der Waals surface area contributed by atoms with E-state index < -0.39 is 17.7 Å². The molecular formula is C20H21NO5. The lowest BCUT2D eigenvalue weighted by Gasteiger charge is -2.26. The number of para-hydroxylation sites is 1. The van der Waals surface area contributed by atoms with Gasteiger partial charge in [-0.15, -0.1) is 0 Å². The third-order valence-corrected chi connectivity index (χ3v) is 4.61. The maximum atomic E-state index is 12.9. The smallest absolute Gasteiger partial charge is 0.342 e. The van der Waals surface area contributed by atoms with Crippen molar-refractivity contribution in [3.05, 3.63) is 63.2 Å². The lowest BCUT2D eigenvalue weighted by molar-refractivity contribution is -0.126. The normalized spacial score (nSPS) is 16.9. The van der Waals surface area contributed by atoms with Crippen LogP contribution in [0.2, 0.25) is 0 Å². The molecule has 2 heterocycles. The van der Waals surface area contributed by atoms with E-state index in [-0.39, 0.29) is 23.3 Å². The maximum absolute atomic E-state index is 12.9. The summed E-state index contributed by atoms with van der Waals surface area (Å²) in [4.78, 5) is 38.4. The standard InChI is InChI=1S/C20H21NO5/c1-11-9-17(22)25-13(3)18(11)20(24)26-14(4)19(23)21-12(2)10-15-7-5-6-8-16(15)21/h5-9,12,14H,10H2,1-4H3/t12-,14+/m1/s1. The molecule has 0 bridgehead atoms. The Balaban J connectivity index is 1.80. The van der Waals surface area contributed by atoms with Gasteiger partial charge in [0.1, 0.15) is 11.3 Å². The molecule has 1 aromatic heterocycles. The van der Waals surface area contributed by atoms with E-state index in [1.807, 2.05) is 31.2 Å². The van der Waals surface area contributed by atoms with Crippen molar-refractivity contribution in [1.29, 1.82) is 0 Å². The molecule has 0 radical (unpaired) electrons. The van der Waals surface area contributed by atoms with E-state index in [4.69, 9.17) is 9.15 Å². The fourth-order valence-electron chi connectivity index (χ4n) is 3.43. The quantitative estimate of drug-likeness (QED) is 0.791. The third-order valence-electron chi connectivity index (χ3n) is 4.61. The number of aryl methyl sites for hydroxylation is 2. The largest absolute Gasteiger partial charge is 0.449 e. The second-order valence-corrected chi connectivity index (χ2v) is 6.62. The first-order valence-corrected chi connectivity index (χ1v) is 8.53. The van der Waals surface area contributed by atoms with Gasteiger partial charge >= 0.3 is 11.6 Å². The van der Waals surface area contributed by atoms with Crippen LogP contribution in [0.25, 0.3) is 0 Å². The van der Waals surface area contributed by atoms with Crippen LogP contribution in [-0.4, -0.2) is 24.0 Å². The molecule has 2 atom stereocenters. The van der Waals surface area contributed by atoms with E-state index in [0.29, 0.717) is 5.56 Å². The molecule has 0 spiro atoms. The van der Waals surface area contributed by atoms with Crippen LogP contribution in [0.1, 0.15) is 41.1 Å². The lowest BCUT2D eigenvalue weighted by Crippen LogP contribution is -2.43. The van der Waals surface area contributed by atoms with Gasteiger partial charge in [-0.1, -0.05) is 18.2 Å². The number of anilines is 1. The molecular weight excluding hydrogens is 334 g/mol. The Hall–Kier alpha value is -2.89. The van der Waals surface area contributed by atoms with Crippen molar-refractivity contribution in [1.82, 2.24) is 0 Å². The first-order valence-electron chi connectivity index (χ1n) is 8.53. The summed E-state index contributed by atoms with van der Waals surface area (Å²) in [6.45, 7) is 6.67. The van der Waals surface area contributed by atoms with Crippen LogP contribution in [0.3, 0.4) is 0 Å². The van der Waals surface area contributed by atoms with Gasteiger partial charge in [-0.2, -0.15) is 0 Å². The highest BCUT2D eigenvalue weighted by atomic mass is 16.5. The minimum Gasteiger partial charge on any atom is -0.449 e. The molecule has 0 N–H and O–H groups in total. The summed E-state index contributed by atoms with van der Waals surface area (Å²) in [6, 6.07) is 8.94. The average molecular weight is 355 g/mol. The van der Waals surface area contributed by atoms with Gasteiger partial charge in [0.25, 0.3) is 5.91 Å². The van der Waals surface area contributed by atoms with Crippen molar-refractivity contribution >= 4 is 17.6 Å². The molecule has 26 heavy (non-hydrogen) atoms. The number of hydrogen-bond donors (Lipinski definition) is 0. The van der Waals surface area contributed by atoms with Crippen molar-refractivity contribution in [2.24, 2.45) is 0 Å². The number of carbonyl (C=O) groups excluding carboxylic acids is 2. The molecule has 1 aliphatic heterocycles. The van der Waals surface area contributed by atoms with Gasteiger partial charge in [0.15, 0.2) is 6.10 Å². The number of esters is 1. The van der Waals surface area contributed by atoms with Crippen LogP contribution in [0, 0.1) is 13.8 Å². The number of fused-ring (bicyclic) bond motifs is 1. The Kier molecular flexibility index (Phi) is 4.68. The van der Waals surface area contributed by atoms with Crippen LogP contribution in [0.5, 0.6) is 0 Å². The number of nitrogens with zero attached hydrogens (tertiary/aromatic N) is 1. The predicted octanol–water partition coefficient (Wildman–Crippen LogP) is 2.78. The van der Waals surface area contributed by atoms with E-state index in [9.17, 15) is 14.4 Å². The highest BCUT2D eigenvalue weighted by Gasteiger charge is 2.35. The van der Waals surface area contributed by atoms with Crippen molar-refractivity contribution < 1.29 is 18.7 Å². The fraction of sp³-hybridized carbons (Fsp3) is 0.350. The molecule has 0 aliphatic carbocycles. The van der Waals surface area contributed by atoms with E-state index in [1.165, 1.54) is 13.0 Å². The summed E-state index contributed by atoms with van der Waals surface area (Å²) >= 11 is 0. The first kappa shape index (κ1) is 17.9. The van der Waals surface area contributed by atoms with E-state index >= 15 is 0 Å². The van der Waals surface area contributed by atoms with Gasteiger partial charge in [-0.05, 0) is 51.3 Å². The topological polar surface area (TPSA) is 76.8 Å². The molecule has 0 saturated heterocycles. The molecule has 1 aliphatic rings. The molecule has 2 aromatic rings. The minimum atomic E-state index is -0.957. The third kappa shape index (κ3) is 3.14. The van der Waals surface area contributed by atoms with Crippen LogP contribution in [0.4, 0.5) is 5.69 Å². The lowest BCUT2D eigenvalue weighted by atomic mass is 10.1. The second kappa shape index (κ2) is 6.78. The van der Waals surface area contributed by atoms with Gasteiger partial charge in [0.2, 0.25) is 0 Å². The number of hydrogen-bond acceptors (Lipinski definition) is 5. The zero-order chi connectivity index (χ0) is 19.0. The maximum Gasteiger partial charge on any atom is 0.342 e. The minimum absolute atomic E-state index is 0.000675. The monoisotopic (exact) mass is 355 g/mol. The molecule has 1 amide bonds. The summed E-state index contributed by atoms with van der Waals surface area (Å²) < 4.78 is 10.3. The van der Waals surface area contributed by atoms with Crippen molar-refractivity contribution in [2.45, 2.75) is 46.3 Å². The Morgan fingerprint density at radius 3 is 2.65 bits per heavy atom. The van der Waals surface area contributed by atoms with Crippen LogP contribution < -0.4 is 10.5 Å². The first-order chi connectivity index (χ1) is 12.3. The Bertz CT molecular complexity index is 904. The molecule has 0 saturated carbocycles. The molecule has 0 fully saturated rings. The van der Waals surface area contributed by atoms with Crippen molar-refractivity contribution in [2.75, 3.05) is 4.90 Å². The number of benzene rings is 1. The average Bonchev–Trinajstić information content (AvgIpc) is 2.88. The van der Waals surface area contributed by atoms with Crippen LogP contribution in [-0.2, 0) is 16.0 Å². The molecule has 0 unspecified atom stereocenters. The van der Waals surface area contributed by atoms with Crippen LogP contribution >= 0.6 is 0 Å². The molecule has 1 aromatic carbocycles. The summed E-state index contributed by atoms with van der Waals surface area (Å²) in [5.74, 6) is -0.771. The molecule has 136 valence electrons. The number of amides is 1. The van der Waals surface area contributed by atoms with E-state index in [0.717, 1.165) is 17.7 Å². The van der Waals surface area contributed by atoms with E-state index in [2.05, 4.69) is 0 Å². The van der Waals surface area contributed by atoms with E-state index in [1.54, 1.807) is 18.7 Å². The summed E-state index contributed by atoms with van der Waals surface area (Å²) in [5.41, 5.74) is 2.07. The van der Waals surface area contributed by atoms with Crippen molar-refractivity contribution in [3.63, 3.8) is 0 Å². The van der Waals surface area contributed by atoms with Gasteiger partial charge in [0, 0.05) is 17.8 Å². The van der Waals surface area contributed by atoms with Gasteiger partial charge in [0.05, 0.1) is 0 Å². The zero-order valence-corrected chi connectivity index (χ0v) is 15.2. The second-order valence-electron chi connectivity index (χ2n) is 6.62. The Labute approximate surface area is 151 Å². The zero-order valence-electron chi connectivity index (χ0n) is 15.2. The van der Waals surface area contributed by atoms with Crippen molar-refractivity contribution in [3.8, 4) is 0 Å². The summed E-state index contributed by atoms with van der Waals surface area (Å²) in [6.07, 6.45) is -0.188.